The second kappa shape index (κ2) is 7.22. The lowest BCUT2D eigenvalue weighted by Gasteiger charge is -2.01. The molecule has 1 N–H and O–H groups in total. The fourth-order valence-electron chi connectivity index (χ4n) is 3.15. The third-order valence-electron chi connectivity index (χ3n) is 4.54. The normalized spacial score (nSPS) is 11.2. The molecule has 4 aromatic heterocycles. The molecule has 0 atom stereocenters. The third kappa shape index (κ3) is 3.29. The highest BCUT2D eigenvalue weighted by Gasteiger charge is 2.19. The Morgan fingerprint density at radius 1 is 1.07 bits per heavy atom. The molecule has 8 heteroatoms. The zero-order chi connectivity index (χ0) is 20.0. The fourth-order valence-corrected chi connectivity index (χ4v) is 5.89. The van der Waals surface area contributed by atoms with Crippen LogP contribution in [0.5, 0.6) is 0 Å². The van der Waals surface area contributed by atoms with Gasteiger partial charge in [0.15, 0.2) is 5.13 Å². The Hall–Kier alpha value is -2.81. The van der Waals surface area contributed by atoms with Gasteiger partial charge in [0.2, 0.25) is 0 Å². The smallest absolute Gasteiger partial charge is 0.267 e. The van der Waals surface area contributed by atoms with Crippen LogP contribution in [0.25, 0.3) is 26.5 Å². The van der Waals surface area contributed by atoms with Crippen molar-refractivity contribution in [2.24, 2.45) is 0 Å². The molecule has 1 amide bonds. The van der Waals surface area contributed by atoms with Gasteiger partial charge in [-0.05, 0) is 43.5 Å². The minimum Gasteiger partial charge on any atom is -0.297 e. The van der Waals surface area contributed by atoms with E-state index in [1.54, 1.807) is 11.3 Å². The molecule has 0 radical (unpaired) electrons. The first-order valence-corrected chi connectivity index (χ1v) is 11.5. The van der Waals surface area contributed by atoms with Crippen molar-refractivity contribution < 1.29 is 4.79 Å². The van der Waals surface area contributed by atoms with E-state index in [4.69, 9.17) is 0 Å². The van der Waals surface area contributed by atoms with Crippen LogP contribution in [0.1, 0.15) is 20.2 Å². The van der Waals surface area contributed by atoms with E-state index in [0.717, 1.165) is 37.0 Å². The van der Waals surface area contributed by atoms with Crippen LogP contribution in [0.2, 0.25) is 0 Å². The number of thiophene rings is 2. The predicted molar refractivity (Wildman–Crippen MR) is 122 cm³/mol. The maximum Gasteiger partial charge on any atom is 0.267 e. The van der Waals surface area contributed by atoms with Crippen molar-refractivity contribution in [3.8, 4) is 16.3 Å². The number of hydrogen-bond donors (Lipinski definition) is 1. The number of fused-ring (bicyclic) bond motifs is 1. The molecule has 0 aliphatic carbocycles. The zero-order valence-corrected chi connectivity index (χ0v) is 18.1. The number of amides is 1. The summed E-state index contributed by atoms with van der Waals surface area (Å²) in [6, 6.07) is 15.9. The number of para-hydroxylation sites is 1. The molecule has 29 heavy (non-hydrogen) atoms. The van der Waals surface area contributed by atoms with Gasteiger partial charge in [0.05, 0.1) is 26.8 Å². The molecule has 0 bridgehead atoms. The second-order valence-electron chi connectivity index (χ2n) is 6.52. The molecule has 0 unspecified atom stereocenters. The van der Waals surface area contributed by atoms with Crippen molar-refractivity contribution in [2.75, 3.05) is 5.32 Å². The highest BCUT2D eigenvalue weighted by Crippen LogP contribution is 2.34. The zero-order valence-electron chi connectivity index (χ0n) is 15.7. The van der Waals surface area contributed by atoms with Gasteiger partial charge >= 0.3 is 0 Å². The number of carbonyl (C=O) groups excluding carboxylic acids is 1. The predicted octanol–water partition coefficient (Wildman–Crippen LogP) is 6.14. The number of benzene rings is 1. The second-order valence-corrected chi connectivity index (χ2v) is 9.70. The lowest BCUT2D eigenvalue weighted by molar-refractivity contribution is 0.103. The maximum absolute atomic E-state index is 12.9. The third-order valence-corrected chi connectivity index (χ3v) is 7.41. The standard InChI is InChI=1S/C21H16N4OS3/c1-12-15-11-17(29-20(15)25(24-12)14-7-4-3-5-8-14)19(26)23-21-22-18(13(2)28-21)16-9-6-10-27-16/h3-11H,1-2H3,(H,22,23,26). The topological polar surface area (TPSA) is 59.8 Å². The molecule has 5 rings (SSSR count). The van der Waals surface area contributed by atoms with Crippen molar-refractivity contribution in [1.29, 1.82) is 0 Å². The summed E-state index contributed by atoms with van der Waals surface area (Å²) in [5, 5.41) is 11.2. The first kappa shape index (κ1) is 18.2. The Labute approximate surface area is 179 Å². The van der Waals surface area contributed by atoms with Crippen LogP contribution >= 0.6 is 34.0 Å². The van der Waals surface area contributed by atoms with Crippen molar-refractivity contribution >= 4 is 55.3 Å². The number of aromatic nitrogens is 3. The summed E-state index contributed by atoms with van der Waals surface area (Å²) in [6.45, 7) is 3.99. The summed E-state index contributed by atoms with van der Waals surface area (Å²) in [6.07, 6.45) is 0. The monoisotopic (exact) mass is 436 g/mol. The van der Waals surface area contributed by atoms with E-state index in [0.29, 0.717) is 10.0 Å². The van der Waals surface area contributed by atoms with E-state index < -0.39 is 0 Å². The lowest BCUT2D eigenvalue weighted by Crippen LogP contribution is -2.09. The fraction of sp³-hybridized carbons (Fsp3) is 0.0952. The number of thiazole rings is 1. The minimum atomic E-state index is -0.142. The highest BCUT2D eigenvalue weighted by atomic mass is 32.1. The molecular weight excluding hydrogens is 420 g/mol. The van der Waals surface area contributed by atoms with Gasteiger partial charge in [0.25, 0.3) is 5.91 Å². The summed E-state index contributed by atoms with van der Waals surface area (Å²) in [5.74, 6) is -0.142. The molecule has 0 spiro atoms. The number of rotatable bonds is 4. The molecular formula is C21H16N4OS3. The number of nitrogens with one attached hydrogen (secondary N) is 1. The van der Waals surface area contributed by atoms with Crippen molar-refractivity contribution in [3.63, 3.8) is 0 Å². The maximum atomic E-state index is 12.9. The average molecular weight is 437 g/mol. The van der Waals surface area contributed by atoms with Crippen molar-refractivity contribution in [2.45, 2.75) is 13.8 Å². The quantitative estimate of drug-likeness (QED) is 0.368. The van der Waals surface area contributed by atoms with Crippen molar-refractivity contribution in [3.05, 3.63) is 69.4 Å². The Balaban J connectivity index is 1.46. The van der Waals surface area contributed by atoms with Crippen LogP contribution in [0.3, 0.4) is 0 Å². The molecule has 0 aliphatic heterocycles. The highest BCUT2D eigenvalue weighted by molar-refractivity contribution is 7.21. The molecule has 0 aliphatic rings. The van der Waals surface area contributed by atoms with Gasteiger partial charge in [-0.3, -0.25) is 10.1 Å². The van der Waals surface area contributed by atoms with Gasteiger partial charge in [-0.25, -0.2) is 9.67 Å². The molecule has 1 aromatic carbocycles. The molecule has 0 saturated carbocycles. The van der Waals surface area contributed by atoms with Gasteiger partial charge in [0.1, 0.15) is 4.83 Å². The van der Waals surface area contributed by atoms with Crippen LogP contribution in [0, 0.1) is 13.8 Å². The lowest BCUT2D eigenvalue weighted by atomic mass is 10.3. The molecule has 144 valence electrons. The number of hydrogen-bond acceptors (Lipinski definition) is 6. The van der Waals surface area contributed by atoms with E-state index in [1.165, 1.54) is 22.7 Å². The summed E-state index contributed by atoms with van der Waals surface area (Å²) < 4.78 is 1.90. The molecule has 5 aromatic rings. The molecule has 5 nitrogen and oxygen atoms in total. The van der Waals surface area contributed by atoms with E-state index in [2.05, 4.69) is 15.4 Å². The molecule has 4 heterocycles. The number of nitrogens with zero attached hydrogens (tertiary/aromatic N) is 3. The van der Waals surface area contributed by atoms with Crippen LogP contribution in [-0.2, 0) is 0 Å². The SMILES string of the molecule is Cc1sc(NC(=O)c2cc3c(C)nn(-c4ccccc4)c3s2)nc1-c1cccs1. The first-order chi connectivity index (χ1) is 14.1. The average Bonchev–Trinajstić information content (AvgIpc) is 3.48. The van der Waals surface area contributed by atoms with Gasteiger partial charge in [-0.1, -0.05) is 24.3 Å². The van der Waals surface area contributed by atoms with E-state index in [1.807, 2.05) is 72.4 Å². The Bertz CT molecular complexity index is 1310. The Morgan fingerprint density at radius 3 is 2.66 bits per heavy atom. The van der Waals surface area contributed by atoms with Crippen LogP contribution in [0.15, 0.2) is 53.9 Å². The van der Waals surface area contributed by atoms with E-state index in [-0.39, 0.29) is 5.91 Å². The summed E-state index contributed by atoms with van der Waals surface area (Å²) in [5.41, 5.74) is 2.83. The number of carbonyl (C=O) groups is 1. The number of anilines is 1. The molecule has 0 saturated heterocycles. The summed E-state index contributed by atoms with van der Waals surface area (Å²) in [4.78, 5) is 21.3. The minimum absolute atomic E-state index is 0.142. The molecule has 0 fully saturated rings. The van der Waals surface area contributed by atoms with E-state index in [9.17, 15) is 4.79 Å². The van der Waals surface area contributed by atoms with Gasteiger partial charge < -0.3 is 0 Å². The Morgan fingerprint density at radius 2 is 1.90 bits per heavy atom. The van der Waals surface area contributed by atoms with Gasteiger partial charge in [0, 0.05) is 10.3 Å². The van der Waals surface area contributed by atoms with Crippen LogP contribution < -0.4 is 5.32 Å². The largest absolute Gasteiger partial charge is 0.297 e. The van der Waals surface area contributed by atoms with Crippen molar-refractivity contribution in [1.82, 2.24) is 14.8 Å². The van der Waals surface area contributed by atoms with Gasteiger partial charge in [-0.15, -0.1) is 34.0 Å². The first-order valence-electron chi connectivity index (χ1n) is 8.97. The summed E-state index contributed by atoms with van der Waals surface area (Å²) >= 11 is 4.59. The van der Waals surface area contributed by atoms with Crippen LogP contribution in [0.4, 0.5) is 5.13 Å². The summed E-state index contributed by atoms with van der Waals surface area (Å²) in [7, 11) is 0. The van der Waals surface area contributed by atoms with E-state index >= 15 is 0 Å². The van der Waals surface area contributed by atoms with Crippen LogP contribution in [-0.4, -0.2) is 20.7 Å². The van der Waals surface area contributed by atoms with Gasteiger partial charge in [-0.2, -0.15) is 5.10 Å². The Kier molecular flexibility index (Phi) is 4.54. The number of aryl methyl sites for hydroxylation is 2.